The minimum absolute atomic E-state index is 0.131. The maximum atomic E-state index is 13.0. The SMILES string of the molecule is CCCCCCCCCCCCCCCCCCCCCC(=O)N[C@@H](CO[C@H]1O[C@@H](CO)[C@H](O)C(O)C1O)[C@H](O)CCCCCCCCCCCCCCCCCC. The molecule has 2 unspecified atom stereocenters. The van der Waals surface area contributed by atoms with E-state index in [1.54, 1.807) is 0 Å². The summed E-state index contributed by atoms with van der Waals surface area (Å²) >= 11 is 0. The fourth-order valence-electron chi connectivity index (χ4n) is 8.40. The molecule has 0 spiro atoms. The Balaban J connectivity index is 2.26. The lowest BCUT2D eigenvalue weighted by Crippen LogP contribution is -2.60. The van der Waals surface area contributed by atoms with Gasteiger partial charge in [0.05, 0.1) is 25.4 Å². The van der Waals surface area contributed by atoms with E-state index in [0.29, 0.717) is 12.8 Å². The molecule has 0 saturated carbocycles. The highest BCUT2D eigenvalue weighted by Gasteiger charge is 2.44. The van der Waals surface area contributed by atoms with Gasteiger partial charge in [-0.3, -0.25) is 4.79 Å². The van der Waals surface area contributed by atoms with Crippen LogP contribution in [0.5, 0.6) is 0 Å². The van der Waals surface area contributed by atoms with Gasteiger partial charge in [-0.15, -0.1) is 0 Å². The van der Waals surface area contributed by atoms with E-state index in [1.165, 1.54) is 186 Å². The Labute approximate surface area is 357 Å². The molecule has 0 aromatic carbocycles. The van der Waals surface area contributed by atoms with Crippen molar-refractivity contribution in [2.45, 2.75) is 294 Å². The van der Waals surface area contributed by atoms with E-state index in [4.69, 9.17) is 9.47 Å². The molecule has 58 heavy (non-hydrogen) atoms. The summed E-state index contributed by atoms with van der Waals surface area (Å²) < 4.78 is 11.3. The summed E-state index contributed by atoms with van der Waals surface area (Å²) in [5.74, 6) is -0.139. The minimum atomic E-state index is -1.55. The largest absolute Gasteiger partial charge is 0.394 e. The summed E-state index contributed by atoms with van der Waals surface area (Å²) in [6, 6.07) is -0.712. The highest BCUT2D eigenvalue weighted by Crippen LogP contribution is 2.23. The van der Waals surface area contributed by atoms with Gasteiger partial charge in [0.1, 0.15) is 24.4 Å². The van der Waals surface area contributed by atoms with Crippen molar-refractivity contribution in [3.05, 3.63) is 0 Å². The van der Waals surface area contributed by atoms with Crippen LogP contribution < -0.4 is 5.32 Å². The molecule has 0 aromatic rings. The standard InChI is InChI=1S/C49H97NO8/c1-3-5-7-9-11-13-15-17-19-21-22-23-25-27-29-31-33-35-37-39-45(53)50-42(41-57-49-48(56)47(55)46(54)44(40-51)58-49)43(52)38-36-34-32-30-28-26-24-20-18-16-14-12-10-8-6-4-2/h42-44,46-49,51-52,54-56H,3-41H2,1-2H3,(H,50,53)/t42-,43+,44-,46-,47?,48?,49-/m0/s1. The van der Waals surface area contributed by atoms with Gasteiger partial charge in [0, 0.05) is 6.42 Å². The highest BCUT2D eigenvalue weighted by atomic mass is 16.7. The number of unbranched alkanes of at least 4 members (excludes halogenated alkanes) is 33. The van der Waals surface area contributed by atoms with Crippen LogP contribution in [0.3, 0.4) is 0 Å². The number of rotatable bonds is 43. The molecule has 0 bridgehead atoms. The molecule has 6 N–H and O–H groups in total. The maximum absolute atomic E-state index is 13.0. The number of nitrogens with one attached hydrogen (secondary N) is 1. The van der Waals surface area contributed by atoms with Crippen LogP contribution in [0.1, 0.15) is 251 Å². The summed E-state index contributed by atoms with van der Waals surface area (Å²) in [6.07, 6.45) is 38.2. The molecule has 1 fully saturated rings. The number of ether oxygens (including phenoxy) is 2. The molecule has 1 amide bonds. The molecular formula is C49H97NO8. The fourth-order valence-corrected chi connectivity index (χ4v) is 8.40. The van der Waals surface area contributed by atoms with Crippen LogP contribution in [-0.2, 0) is 14.3 Å². The van der Waals surface area contributed by atoms with E-state index in [2.05, 4.69) is 19.2 Å². The van der Waals surface area contributed by atoms with Gasteiger partial charge in [-0.05, 0) is 12.8 Å². The number of carbonyl (C=O) groups is 1. The third-order valence-corrected chi connectivity index (χ3v) is 12.5. The van der Waals surface area contributed by atoms with E-state index in [-0.39, 0.29) is 12.5 Å². The van der Waals surface area contributed by atoms with Crippen LogP contribution in [0.4, 0.5) is 0 Å². The molecular weight excluding hydrogens is 731 g/mol. The van der Waals surface area contributed by atoms with Crippen LogP contribution in [-0.4, -0.2) is 87.5 Å². The molecule has 0 aromatic heterocycles. The topological polar surface area (TPSA) is 149 Å². The highest BCUT2D eigenvalue weighted by molar-refractivity contribution is 5.76. The number of hydrogen-bond donors (Lipinski definition) is 6. The summed E-state index contributed by atoms with van der Waals surface area (Å²) in [5.41, 5.74) is 0. The second-order valence-corrected chi connectivity index (χ2v) is 18.0. The van der Waals surface area contributed by atoms with Crippen molar-refractivity contribution in [2.75, 3.05) is 13.2 Å². The van der Waals surface area contributed by atoms with E-state index >= 15 is 0 Å². The number of aliphatic hydroxyl groups is 5. The number of aliphatic hydroxyl groups excluding tert-OH is 5. The molecule has 9 heteroatoms. The van der Waals surface area contributed by atoms with E-state index in [1.807, 2.05) is 0 Å². The molecule has 1 rings (SSSR count). The summed E-state index contributed by atoms with van der Waals surface area (Å²) in [4.78, 5) is 13.0. The minimum Gasteiger partial charge on any atom is -0.394 e. The van der Waals surface area contributed by atoms with Crippen LogP contribution >= 0.6 is 0 Å². The number of amides is 1. The smallest absolute Gasteiger partial charge is 0.220 e. The second-order valence-electron chi connectivity index (χ2n) is 18.0. The lowest BCUT2D eigenvalue weighted by molar-refractivity contribution is -0.302. The third-order valence-electron chi connectivity index (χ3n) is 12.5. The molecule has 1 saturated heterocycles. The maximum Gasteiger partial charge on any atom is 0.220 e. The summed E-state index contributed by atoms with van der Waals surface area (Å²) in [7, 11) is 0. The molecule has 1 aliphatic heterocycles. The predicted octanol–water partition coefficient (Wildman–Crippen LogP) is 11.1. The van der Waals surface area contributed by atoms with Gasteiger partial charge in [-0.2, -0.15) is 0 Å². The van der Waals surface area contributed by atoms with Gasteiger partial charge in [-0.25, -0.2) is 0 Å². The molecule has 1 aliphatic rings. The van der Waals surface area contributed by atoms with Gasteiger partial charge < -0.3 is 40.3 Å². The third kappa shape index (κ3) is 30.3. The molecule has 0 aliphatic carbocycles. The van der Waals surface area contributed by atoms with Gasteiger partial charge in [0.2, 0.25) is 5.91 Å². The molecule has 0 radical (unpaired) electrons. The first-order chi connectivity index (χ1) is 28.3. The Morgan fingerprint density at radius 2 is 0.862 bits per heavy atom. The zero-order valence-electron chi connectivity index (χ0n) is 38.1. The van der Waals surface area contributed by atoms with Crippen molar-refractivity contribution in [3.8, 4) is 0 Å². The number of carbonyl (C=O) groups excluding carboxylic acids is 1. The lowest BCUT2D eigenvalue weighted by Gasteiger charge is -2.40. The summed E-state index contributed by atoms with van der Waals surface area (Å²) in [6.45, 7) is 3.86. The number of hydrogen-bond acceptors (Lipinski definition) is 8. The molecule has 7 atom stereocenters. The van der Waals surface area contributed by atoms with Crippen molar-refractivity contribution in [3.63, 3.8) is 0 Å². The zero-order chi connectivity index (χ0) is 42.3. The van der Waals surface area contributed by atoms with Gasteiger partial charge >= 0.3 is 0 Å². The average molecular weight is 828 g/mol. The zero-order valence-corrected chi connectivity index (χ0v) is 38.1. The van der Waals surface area contributed by atoms with E-state index in [9.17, 15) is 30.3 Å². The van der Waals surface area contributed by atoms with Crippen molar-refractivity contribution < 1.29 is 39.8 Å². The second kappa shape index (κ2) is 40.3. The monoisotopic (exact) mass is 828 g/mol. The quantitative estimate of drug-likeness (QED) is 0.0333. The Morgan fingerprint density at radius 3 is 1.22 bits per heavy atom. The Bertz CT molecular complexity index is 878. The summed E-state index contributed by atoms with van der Waals surface area (Å²) in [5, 5.41) is 54.5. The first-order valence-corrected chi connectivity index (χ1v) is 25.2. The molecule has 1 heterocycles. The average Bonchev–Trinajstić information content (AvgIpc) is 3.22. The Kier molecular flexibility index (Phi) is 38.3. The van der Waals surface area contributed by atoms with Gasteiger partial charge in [0.15, 0.2) is 6.29 Å². The van der Waals surface area contributed by atoms with E-state index in [0.717, 1.165) is 38.5 Å². The van der Waals surface area contributed by atoms with Crippen LogP contribution in [0.25, 0.3) is 0 Å². The van der Waals surface area contributed by atoms with Crippen molar-refractivity contribution in [2.24, 2.45) is 0 Å². The van der Waals surface area contributed by atoms with Crippen LogP contribution in [0, 0.1) is 0 Å². The van der Waals surface area contributed by atoms with Gasteiger partial charge in [-0.1, -0.05) is 232 Å². The first-order valence-electron chi connectivity index (χ1n) is 25.2. The molecule has 346 valence electrons. The van der Waals surface area contributed by atoms with Crippen molar-refractivity contribution in [1.82, 2.24) is 5.32 Å². The van der Waals surface area contributed by atoms with E-state index < -0.39 is 49.5 Å². The normalized spacial score (nSPS) is 20.7. The van der Waals surface area contributed by atoms with Crippen molar-refractivity contribution >= 4 is 5.91 Å². The van der Waals surface area contributed by atoms with Gasteiger partial charge in [0.25, 0.3) is 0 Å². The Hall–Kier alpha value is -0.810. The van der Waals surface area contributed by atoms with Crippen LogP contribution in [0.15, 0.2) is 0 Å². The fraction of sp³-hybridized carbons (Fsp3) is 0.980. The lowest BCUT2D eigenvalue weighted by atomic mass is 9.99. The predicted molar refractivity (Wildman–Crippen MR) is 240 cm³/mol. The Morgan fingerprint density at radius 1 is 0.517 bits per heavy atom. The van der Waals surface area contributed by atoms with Crippen molar-refractivity contribution in [1.29, 1.82) is 0 Å². The molecule has 9 nitrogen and oxygen atoms in total. The van der Waals surface area contributed by atoms with Crippen LogP contribution in [0.2, 0.25) is 0 Å². The first kappa shape index (κ1) is 55.2.